The minimum atomic E-state index is -0.256. The molecular formula is C26H27FN2O. The lowest BCUT2D eigenvalue weighted by Crippen LogP contribution is -2.26. The highest BCUT2D eigenvalue weighted by molar-refractivity contribution is 6.04. The normalized spacial score (nSPS) is 15.7. The van der Waals surface area contributed by atoms with E-state index in [0.29, 0.717) is 11.5 Å². The molecule has 3 nitrogen and oxygen atoms in total. The average Bonchev–Trinajstić information content (AvgIpc) is 2.74. The summed E-state index contributed by atoms with van der Waals surface area (Å²) in [7, 11) is 4.25. The van der Waals surface area contributed by atoms with Gasteiger partial charge in [-0.05, 0) is 97.9 Å². The fraction of sp³-hybridized carbons (Fsp3) is 0.269. The summed E-state index contributed by atoms with van der Waals surface area (Å²) in [5.74, 6) is 0.322. The van der Waals surface area contributed by atoms with Crippen LogP contribution in [0.3, 0.4) is 0 Å². The quantitative estimate of drug-likeness (QED) is 0.619. The van der Waals surface area contributed by atoms with E-state index in [0.717, 1.165) is 36.2 Å². The molecule has 30 heavy (non-hydrogen) atoms. The zero-order valence-electron chi connectivity index (χ0n) is 17.5. The molecule has 3 aromatic carbocycles. The number of rotatable bonds is 5. The number of fused-ring (bicyclic) bond motifs is 1. The first-order valence-corrected chi connectivity index (χ1v) is 10.4. The number of halogens is 1. The number of aryl methyl sites for hydroxylation is 1. The average molecular weight is 403 g/mol. The Morgan fingerprint density at radius 3 is 2.30 bits per heavy atom. The van der Waals surface area contributed by atoms with E-state index in [1.807, 2.05) is 18.2 Å². The summed E-state index contributed by atoms with van der Waals surface area (Å²) in [6.45, 7) is 1.12. The standard InChI is InChI=1S/C26H27FN2O/c1-29(2)17-18-3-4-23-16-25(14-11-22(23)15-18)28-26(30)21-7-5-19(6-8-21)20-9-12-24(27)13-10-20/h5-14,16,18H,3-4,15,17H2,1-2H3,(H,28,30)/t18-/m0/s1. The molecule has 1 aliphatic rings. The molecule has 0 unspecified atom stereocenters. The van der Waals surface area contributed by atoms with Crippen LogP contribution in [0.2, 0.25) is 0 Å². The Labute approximate surface area is 177 Å². The van der Waals surface area contributed by atoms with Gasteiger partial charge in [0.15, 0.2) is 0 Å². The summed E-state index contributed by atoms with van der Waals surface area (Å²) in [4.78, 5) is 14.9. The fourth-order valence-corrected chi connectivity index (χ4v) is 4.24. The monoisotopic (exact) mass is 402 g/mol. The van der Waals surface area contributed by atoms with Gasteiger partial charge >= 0.3 is 0 Å². The van der Waals surface area contributed by atoms with E-state index >= 15 is 0 Å². The van der Waals surface area contributed by atoms with Gasteiger partial charge in [0.2, 0.25) is 0 Å². The van der Waals surface area contributed by atoms with Crippen molar-refractivity contribution in [3.8, 4) is 11.1 Å². The molecule has 0 radical (unpaired) electrons. The first-order chi connectivity index (χ1) is 14.5. The Morgan fingerprint density at radius 2 is 1.63 bits per heavy atom. The summed E-state index contributed by atoms with van der Waals surface area (Å²) in [6.07, 6.45) is 3.35. The molecule has 0 fully saturated rings. The van der Waals surface area contributed by atoms with Gasteiger partial charge in [-0.1, -0.05) is 30.3 Å². The number of nitrogens with one attached hydrogen (secondary N) is 1. The van der Waals surface area contributed by atoms with E-state index in [1.54, 1.807) is 24.3 Å². The van der Waals surface area contributed by atoms with Gasteiger partial charge in [0.05, 0.1) is 0 Å². The van der Waals surface area contributed by atoms with Crippen LogP contribution in [0, 0.1) is 11.7 Å². The van der Waals surface area contributed by atoms with Crippen molar-refractivity contribution in [2.45, 2.75) is 19.3 Å². The minimum Gasteiger partial charge on any atom is -0.322 e. The Morgan fingerprint density at radius 1 is 0.967 bits per heavy atom. The van der Waals surface area contributed by atoms with Gasteiger partial charge in [-0.25, -0.2) is 4.39 Å². The van der Waals surface area contributed by atoms with Crippen molar-refractivity contribution in [3.05, 3.63) is 89.2 Å². The third kappa shape index (κ3) is 4.77. The summed E-state index contributed by atoms with van der Waals surface area (Å²) < 4.78 is 13.1. The smallest absolute Gasteiger partial charge is 0.255 e. The number of hydrogen-bond donors (Lipinski definition) is 1. The van der Waals surface area contributed by atoms with Crippen LogP contribution >= 0.6 is 0 Å². The molecule has 0 spiro atoms. The van der Waals surface area contributed by atoms with Crippen LogP contribution in [-0.2, 0) is 12.8 Å². The number of carbonyl (C=O) groups excluding carboxylic acids is 1. The van der Waals surface area contributed by atoms with Crippen molar-refractivity contribution >= 4 is 11.6 Å². The van der Waals surface area contributed by atoms with Crippen molar-refractivity contribution < 1.29 is 9.18 Å². The van der Waals surface area contributed by atoms with Crippen LogP contribution in [0.25, 0.3) is 11.1 Å². The van der Waals surface area contributed by atoms with Gasteiger partial charge < -0.3 is 10.2 Å². The van der Waals surface area contributed by atoms with E-state index in [1.165, 1.54) is 29.7 Å². The van der Waals surface area contributed by atoms with Crippen molar-refractivity contribution in [1.82, 2.24) is 4.90 Å². The largest absolute Gasteiger partial charge is 0.322 e. The molecule has 3 aromatic rings. The number of hydrogen-bond acceptors (Lipinski definition) is 2. The van der Waals surface area contributed by atoms with Crippen molar-refractivity contribution in [1.29, 1.82) is 0 Å². The highest BCUT2D eigenvalue weighted by Gasteiger charge is 2.19. The Hall–Kier alpha value is -2.98. The molecule has 0 saturated heterocycles. The van der Waals surface area contributed by atoms with E-state index in [-0.39, 0.29) is 11.7 Å². The molecule has 1 aliphatic carbocycles. The second kappa shape index (κ2) is 8.80. The third-order valence-corrected chi connectivity index (χ3v) is 5.74. The Kier molecular flexibility index (Phi) is 5.96. The lowest BCUT2D eigenvalue weighted by Gasteiger charge is -2.27. The maximum Gasteiger partial charge on any atom is 0.255 e. The highest BCUT2D eigenvalue weighted by atomic mass is 19.1. The Balaban J connectivity index is 1.42. The van der Waals surface area contributed by atoms with Gasteiger partial charge in [-0.3, -0.25) is 4.79 Å². The zero-order valence-corrected chi connectivity index (χ0v) is 17.5. The molecular weight excluding hydrogens is 375 g/mol. The number of amides is 1. The molecule has 1 N–H and O–H groups in total. The molecule has 4 heteroatoms. The highest BCUT2D eigenvalue weighted by Crippen LogP contribution is 2.28. The maximum absolute atomic E-state index is 13.1. The van der Waals surface area contributed by atoms with Crippen molar-refractivity contribution in [3.63, 3.8) is 0 Å². The van der Waals surface area contributed by atoms with Crippen LogP contribution in [-0.4, -0.2) is 31.4 Å². The van der Waals surface area contributed by atoms with Crippen LogP contribution in [0.5, 0.6) is 0 Å². The number of carbonyl (C=O) groups is 1. The van der Waals surface area contributed by atoms with E-state index in [9.17, 15) is 9.18 Å². The summed E-state index contributed by atoms with van der Waals surface area (Å²) in [5.41, 5.74) is 6.06. The first kappa shape index (κ1) is 20.3. The zero-order chi connectivity index (χ0) is 21.1. The number of nitrogens with zero attached hydrogens (tertiary/aromatic N) is 1. The van der Waals surface area contributed by atoms with Gasteiger partial charge in [-0.15, -0.1) is 0 Å². The molecule has 0 bridgehead atoms. The topological polar surface area (TPSA) is 32.3 Å². The molecule has 1 amide bonds. The van der Waals surface area contributed by atoms with E-state index in [2.05, 4.69) is 36.4 Å². The third-order valence-electron chi connectivity index (χ3n) is 5.74. The lowest BCUT2D eigenvalue weighted by atomic mass is 9.83. The molecule has 0 saturated carbocycles. The van der Waals surface area contributed by atoms with Gasteiger partial charge in [0.1, 0.15) is 5.82 Å². The molecule has 154 valence electrons. The van der Waals surface area contributed by atoms with Gasteiger partial charge in [0.25, 0.3) is 5.91 Å². The van der Waals surface area contributed by atoms with Gasteiger partial charge in [-0.2, -0.15) is 0 Å². The lowest BCUT2D eigenvalue weighted by molar-refractivity contribution is 0.102. The second-order valence-corrected chi connectivity index (χ2v) is 8.39. The fourth-order valence-electron chi connectivity index (χ4n) is 4.24. The Bertz CT molecular complexity index is 1030. The molecule has 1 atom stereocenters. The van der Waals surface area contributed by atoms with Crippen molar-refractivity contribution in [2.75, 3.05) is 26.0 Å². The van der Waals surface area contributed by atoms with Crippen molar-refractivity contribution in [2.24, 2.45) is 5.92 Å². The maximum atomic E-state index is 13.1. The number of anilines is 1. The molecule has 0 aliphatic heterocycles. The predicted molar refractivity (Wildman–Crippen MR) is 120 cm³/mol. The molecule has 4 rings (SSSR count). The molecule has 0 aromatic heterocycles. The first-order valence-electron chi connectivity index (χ1n) is 10.4. The van der Waals surface area contributed by atoms with Crippen LogP contribution in [0.4, 0.5) is 10.1 Å². The molecule has 0 heterocycles. The predicted octanol–water partition coefficient (Wildman–Crippen LogP) is 5.41. The van der Waals surface area contributed by atoms with Crippen LogP contribution in [0.1, 0.15) is 27.9 Å². The summed E-state index contributed by atoms with van der Waals surface area (Å²) in [6, 6.07) is 20.0. The van der Waals surface area contributed by atoms with Crippen LogP contribution in [0.15, 0.2) is 66.7 Å². The van der Waals surface area contributed by atoms with E-state index < -0.39 is 0 Å². The minimum absolute atomic E-state index is 0.123. The SMILES string of the molecule is CN(C)C[C@H]1CCc2cc(NC(=O)c3ccc(-c4ccc(F)cc4)cc3)ccc2C1. The summed E-state index contributed by atoms with van der Waals surface area (Å²) >= 11 is 0. The van der Waals surface area contributed by atoms with E-state index in [4.69, 9.17) is 0 Å². The second-order valence-electron chi connectivity index (χ2n) is 8.39. The van der Waals surface area contributed by atoms with Gasteiger partial charge in [0, 0.05) is 17.8 Å². The van der Waals surface area contributed by atoms with Crippen LogP contribution < -0.4 is 5.32 Å². The number of benzene rings is 3. The summed E-state index contributed by atoms with van der Waals surface area (Å²) in [5, 5.41) is 3.02.